The molecule has 4 nitrogen and oxygen atoms in total. The molecular weight excluding hydrogens is 336 g/mol. The summed E-state index contributed by atoms with van der Waals surface area (Å²) in [5.41, 5.74) is 5.53. The van der Waals surface area contributed by atoms with Gasteiger partial charge in [-0.3, -0.25) is 9.69 Å². The predicted octanol–water partition coefficient (Wildman–Crippen LogP) is 3.97. The number of amides is 1. The fourth-order valence-corrected chi connectivity index (χ4v) is 4.00. The second kappa shape index (κ2) is 8.57. The molecule has 0 saturated carbocycles. The molecule has 3 rings (SSSR count). The largest absolute Gasteiger partial charge is 0.497 e. The van der Waals surface area contributed by atoms with Crippen LogP contribution in [0.1, 0.15) is 39.0 Å². The van der Waals surface area contributed by atoms with E-state index in [4.69, 9.17) is 4.74 Å². The number of rotatable bonds is 4. The Balaban J connectivity index is 1.65. The van der Waals surface area contributed by atoms with Crippen LogP contribution in [0.2, 0.25) is 0 Å². The maximum absolute atomic E-state index is 13.1. The second-order valence-corrected chi connectivity index (χ2v) is 7.54. The van der Waals surface area contributed by atoms with Crippen LogP contribution in [-0.4, -0.2) is 49.0 Å². The first-order valence-corrected chi connectivity index (χ1v) is 9.70. The number of carbonyl (C=O) groups excluding carboxylic acids is 1. The number of nitrogens with zero attached hydrogens (tertiary/aromatic N) is 2. The van der Waals surface area contributed by atoms with E-state index in [1.165, 1.54) is 11.1 Å². The van der Waals surface area contributed by atoms with E-state index < -0.39 is 0 Å². The molecule has 0 N–H and O–H groups in total. The summed E-state index contributed by atoms with van der Waals surface area (Å²) in [6.45, 7) is 10.6. The molecule has 2 aromatic carbocycles. The minimum absolute atomic E-state index is 0.177. The summed E-state index contributed by atoms with van der Waals surface area (Å²) >= 11 is 0. The van der Waals surface area contributed by atoms with Gasteiger partial charge >= 0.3 is 0 Å². The lowest BCUT2D eigenvalue weighted by atomic mass is 9.98. The molecule has 1 fully saturated rings. The summed E-state index contributed by atoms with van der Waals surface area (Å²) < 4.78 is 5.23. The zero-order chi connectivity index (χ0) is 19.4. The van der Waals surface area contributed by atoms with Gasteiger partial charge in [-0.2, -0.15) is 0 Å². The second-order valence-electron chi connectivity index (χ2n) is 7.54. The molecule has 144 valence electrons. The van der Waals surface area contributed by atoms with Gasteiger partial charge in [0.1, 0.15) is 5.75 Å². The third-order valence-corrected chi connectivity index (χ3v) is 5.33. The van der Waals surface area contributed by atoms with Gasteiger partial charge in [0.15, 0.2) is 0 Å². The monoisotopic (exact) mass is 366 g/mol. The highest BCUT2D eigenvalue weighted by atomic mass is 16.5. The molecule has 1 saturated heterocycles. The van der Waals surface area contributed by atoms with Crippen molar-refractivity contribution in [3.63, 3.8) is 0 Å². The minimum Gasteiger partial charge on any atom is -0.497 e. The molecule has 27 heavy (non-hydrogen) atoms. The zero-order valence-corrected chi connectivity index (χ0v) is 16.9. The fraction of sp³-hybridized carbons (Fsp3) is 0.435. The molecule has 4 heteroatoms. The van der Waals surface area contributed by atoms with Gasteiger partial charge in [0.05, 0.1) is 7.11 Å². The first-order valence-electron chi connectivity index (χ1n) is 9.70. The Morgan fingerprint density at radius 3 is 2.26 bits per heavy atom. The standard InChI is InChI=1S/C23H30N2O2/c1-17-14-18(2)22(19(3)15-17)23(26)25-11-5-10-24(12-13-25)16-20-6-8-21(27-4)9-7-20/h6-9,14-15H,5,10-13,16H2,1-4H3. The highest BCUT2D eigenvalue weighted by Crippen LogP contribution is 2.20. The minimum atomic E-state index is 0.177. The van der Waals surface area contributed by atoms with Crippen molar-refractivity contribution in [2.24, 2.45) is 0 Å². The van der Waals surface area contributed by atoms with Crippen molar-refractivity contribution in [3.05, 3.63) is 64.2 Å². The number of ether oxygens (including phenoxy) is 1. The van der Waals surface area contributed by atoms with Crippen LogP contribution in [0.5, 0.6) is 5.75 Å². The van der Waals surface area contributed by atoms with Gasteiger partial charge < -0.3 is 9.64 Å². The third-order valence-electron chi connectivity index (χ3n) is 5.33. The van der Waals surface area contributed by atoms with Crippen LogP contribution in [-0.2, 0) is 6.54 Å². The Labute approximate surface area is 162 Å². The van der Waals surface area contributed by atoms with E-state index >= 15 is 0 Å². The zero-order valence-electron chi connectivity index (χ0n) is 16.9. The number of hydrogen-bond donors (Lipinski definition) is 0. The first kappa shape index (κ1) is 19.4. The number of benzene rings is 2. The average Bonchev–Trinajstić information content (AvgIpc) is 2.87. The molecule has 1 amide bonds. The number of carbonyl (C=O) groups is 1. The van der Waals surface area contributed by atoms with Crippen LogP contribution in [0.15, 0.2) is 36.4 Å². The van der Waals surface area contributed by atoms with Gasteiger partial charge in [-0.15, -0.1) is 0 Å². The van der Waals surface area contributed by atoms with E-state index in [9.17, 15) is 4.79 Å². The Morgan fingerprint density at radius 1 is 0.963 bits per heavy atom. The van der Waals surface area contributed by atoms with Crippen LogP contribution in [0, 0.1) is 20.8 Å². The Kier molecular flexibility index (Phi) is 6.17. The summed E-state index contributed by atoms with van der Waals surface area (Å²) in [7, 11) is 1.69. The third kappa shape index (κ3) is 4.69. The van der Waals surface area contributed by atoms with Crippen molar-refractivity contribution >= 4 is 5.91 Å². The van der Waals surface area contributed by atoms with Gasteiger partial charge in [0.2, 0.25) is 0 Å². The lowest BCUT2D eigenvalue weighted by molar-refractivity contribution is 0.0759. The summed E-state index contributed by atoms with van der Waals surface area (Å²) in [5.74, 6) is 1.06. The van der Waals surface area contributed by atoms with E-state index in [-0.39, 0.29) is 5.91 Å². The van der Waals surface area contributed by atoms with E-state index in [2.05, 4.69) is 36.1 Å². The average molecular weight is 367 g/mol. The van der Waals surface area contributed by atoms with E-state index in [0.717, 1.165) is 61.6 Å². The summed E-state index contributed by atoms with van der Waals surface area (Å²) in [4.78, 5) is 17.6. The molecule has 0 aromatic heterocycles. The molecule has 0 aliphatic carbocycles. The maximum Gasteiger partial charge on any atom is 0.254 e. The molecule has 2 aromatic rings. The Hall–Kier alpha value is -2.33. The van der Waals surface area contributed by atoms with E-state index in [1.807, 2.05) is 30.9 Å². The van der Waals surface area contributed by atoms with Crippen LogP contribution in [0.4, 0.5) is 0 Å². The first-order chi connectivity index (χ1) is 13.0. The van der Waals surface area contributed by atoms with Crippen molar-refractivity contribution in [1.29, 1.82) is 0 Å². The van der Waals surface area contributed by atoms with Crippen LogP contribution < -0.4 is 4.74 Å². The molecule has 0 radical (unpaired) electrons. The van der Waals surface area contributed by atoms with Crippen molar-refractivity contribution in [2.75, 3.05) is 33.3 Å². The number of aryl methyl sites for hydroxylation is 3. The van der Waals surface area contributed by atoms with Gasteiger partial charge in [-0.1, -0.05) is 29.8 Å². The van der Waals surface area contributed by atoms with E-state index in [0.29, 0.717) is 0 Å². The smallest absolute Gasteiger partial charge is 0.254 e. The molecule has 0 bridgehead atoms. The topological polar surface area (TPSA) is 32.8 Å². The highest BCUT2D eigenvalue weighted by Gasteiger charge is 2.23. The molecule has 1 aliphatic rings. The molecule has 0 spiro atoms. The Bertz CT molecular complexity index is 776. The lowest BCUT2D eigenvalue weighted by Crippen LogP contribution is -2.35. The highest BCUT2D eigenvalue weighted by molar-refractivity contribution is 5.97. The van der Waals surface area contributed by atoms with Crippen molar-refractivity contribution in [2.45, 2.75) is 33.7 Å². The van der Waals surface area contributed by atoms with Gasteiger partial charge in [0.25, 0.3) is 5.91 Å². The summed E-state index contributed by atoms with van der Waals surface area (Å²) in [6.07, 6.45) is 1.01. The fourth-order valence-electron chi connectivity index (χ4n) is 4.00. The quantitative estimate of drug-likeness (QED) is 0.821. The van der Waals surface area contributed by atoms with Crippen molar-refractivity contribution < 1.29 is 9.53 Å². The van der Waals surface area contributed by atoms with Gasteiger partial charge in [-0.25, -0.2) is 0 Å². The predicted molar refractivity (Wildman–Crippen MR) is 109 cm³/mol. The van der Waals surface area contributed by atoms with Crippen LogP contribution in [0.25, 0.3) is 0 Å². The van der Waals surface area contributed by atoms with Crippen LogP contribution in [0.3, 0.4) is 0 Å². The van der Waals surface area contributed by atoms with E-state index in [1.54, 1.807) is 7.11 Å². The number of methoxy groups -OCH3 is 1. The van der Waals surface area contributed by atoms with Gasteiger partial charge in [-0.05, 0) is 56.0 Å². The summed E-state index contributed by atoms with van der Waals surface area (Å²) in [6, 6.07) is 12.5. The van der Waals surface area contributed by atoms with Crippen LogP contribution >= 0.6 is 0 Å². The SMILES string of the molecule is COc1ccc(CN2CCCN(C(=O)c3c(C)cc(C)cc3C)CC2)cc1. The number of hydrogen-bond acceptors (Lipinski definition) is 3. The van der Waals surface area contributed by atoms with Gasteiger partial charge in [0, 0.05) is 38.3 Å². The van der Waals surface area contributed by atoms with Crippen molar-refractivity contribution in [1.82, 2.24) is 9.80 Å². The summed E-state index contributed by atoms with van der Waals surface area (Å²) in [5, 5.41) is 0. The molecule has 0 atom stereocenters. The normalized spacial score (nSPS) is 15.5. The molecular formula is C23H30N2O2. The Morgan fingerprint density at radius 2 is 1.63 bits per heavy atom. The molecule has 1 heterocycles. The molecule has 0 unspecified atom stereocenters. The maximum atomic E-state index is 13.1. The van der Waals surface area contributed by atoms with Crippen molar-refractivity contribution in [3.8, 4) is 5.75 Å². The lowest BCUT2D eigenvalue weighted by Gasteiger charge is -2.24. The molecule has 1 aliphatic heterocycles.